The van der Waals surface area contributed by atoms with E-state index < -0.39 is 0 Å². The van der Waals surface area contributed by atoms with E-state index in [1.165, 1.54) is 17.3 Å². The van der Waals surface area contributed by atoms with E-state index in [-0.39, 0.29) is 0 Å². The van der Waals surface area contributed by atoms with Crippen molar-refractivity contribution in [3.8, 4) is 0 Å². The fraction of sp³-hybridized carbons (Fsp3) is 1.00. The molecule has 0 atom stereocenters. The number of rotatable bonds is 3. The summed E-state index contributed by atoms with van der Waals surface area (Å²) in [6, 6.07) is 0. The second-order valence-corrected chi connectivity index (χ2v) is 4.83. The van der Waals surface area contributed by atoms with Crippen molar-refractivity contribution in [3.05, 3.63) is 0 Å². The van der Waals surface area contributed by atoms with Crippen LogP contribution in [0.3, 0.4) is 0 Å². The van der Waals surface area contributed by atoms with E-state index in [4.69, 9.17) is 5.14 Å². The molecular weight excluding hydrogens is 137 g/mol. The third-order valence-electron chi connectivity index (χ3n) is 1.13. The molecule has 0 aliphatic heterocycles. The van der Waals surface area contributed by atoms with Crippen LogP contribution in [0.5, 0.6) is 0 Å². The Hall–Kier alpha value is 0.725. The molecule has 0 bridgehead atoms. The first kappa shape index (κ1) is 8.72. The Balaban J connectivity index is 3.37. The summed E-state index contributed by atoms with van der Waals surface area (Å²) in [5, 5.41) is 5.27. The molecule has 0 rings (SSSR count). The molecule has 0 aromatic carbocycles. The summed E-state index contributed by atoms with van der Waals surface area (Å²) in [4.78, 5) is 0. The monoisotopic (exact) mass is 149 g/mol. The smallest absolute Gasteiger partial charge is 0.103 e. The Morgan fingerprint density at radius 2 is 2.12 bits per heavy atom. The molecule has 0 unspecified atom stereocenters. The van der Waals surface area contributed by atoms with Gasteiger partial charge in [0.15, 0.2) is 0 Å². The van der Waals surface area contributed by atoms with Crippen LogP contribution in [0.15, 0.2) is 0 Å². The van der Waals surface area contributed by atoms with Crippen molar-refractivity contribution in [2.45, 2.75) is 24.9 Å². The molecule has 48 valence electrons. The zero-order valence-corrected chi connectivity index (χ0v) is 7.23. The van der Waals surface area contributed by atoms with Gasteiger partial charge >= 0.3 is 0 Å². The Morgan fingerprint density at radius 1 is 1.62 bits per heavy atom. The highest BCUT2D eigenvalue weighted by Gasteiger charge is 2.14. The average molecular weight is 149 g/mol. The zero-order chi connectivity index (χ0) is 6.62. The minimum Gasteiger partial charge on any atom is -0.268 e. The van der Waals surface area contributed by atoms with Crippen molar-refractivity contribution in [3.63, 3.8) is 0 Å². The first-order chi connectivity index (χ1) is 3.62. The van der Waals surface area contributed by atoms with E-state index in [0.717, 1.165) is 0 Å². The van der Waals surface area contributed by atoms with Gasteiger partial charge in [-0.25, -0.2) is 0 Å². The van der Waals surface area contributed by atoms with Gasteiger partial charge in [-0.3, -0.25) is 5.14 Å². The highest BCUT2D eigenvalue weighted by Crippen LogP contribution is 2.33. The van der Waals surface area contributed by atoms with Crippen LogP contribution in [0.4, 0.5) is 0 Å². The molecule has 1 nitrogen and oxygen atoms in total. The summed E-state index contributed by atoms with van der Waals surface area (Å²) >= 11 is 0. The van der Waals surface area contributed by atoms with Crippen LogP contribution in [0.25, 0.3) is 0 Å². The highest BCUT2D eigenvalue weighted by molar-refractivity contribution is 8.76. The van der Waals surface area contributed by atoms with E-state index in [9.17, 15) is 0 Å². The largest absolute Gasteiger partial charge is 0.268 e. The van der Waals surface area contributed by atoms with Gasteiger partial charge in [-0.2, -0.15) is 0 Å². The maximum Gasteiger partial charge on any atom is 0.103 e. The second-order valence-electron chi connectivity index (χ2n) is 2.29. The summed E-state index contributed by atoms with van der Waals surface area (Å²) in [6.07, 6.45) is 1.17. The topological polar surface area (TPSA) is 26.0 Å². The molecule has 0 radical (unpaired) electrons. The van der Waals surface area contributed by atoms with Gasteiger partial charge in [0.1, 0.15) is 7.85 Å². The summed E-state index contributed by atoms with van der Waals surface area (Å²) in [5.41, 5.74) is 0. The van der Waals surface area contributed by atoms with Gasteiger partial charge in [-0.15, -0.1) is 0 Å². The predicted molar refractivity (Wildman–Crippen MR) is 46.8 cm³/mol. The van der Waals surface area contributed by atoms with Gasteiger partial charge in [0.05, 0.1) is 0 Å². The van der Waals surface area contributed by atoms with E-state index >= 15 is 0 Å². The van der Waals surface area contributed by atoms with Gasteiger partial charge in [0, 0.05) is 4.75 Å². The minimum atomic E-state index is 0.347. The Kier molecular flexibility index (Phi) is 4.03. The van der Waals surface area contributed by atoms with Crippen molar-refractivity contribution >= 4 is 29.6 Å². The molecule has 0 aromatic rings. The van der Waals surface area contributed by atoms with Crippen LogP contribution in [-0.2, 0) is 0 Å². The molecular formula is C4H12BNS2. The van der Waals surface area contributed by atoms with Gasteiger partial charge in [0.2, 0.25) is 0 Å². The van der Waals surface area contributed by atoms with Crippen LogP contribution >= 0.6 is 21.8 Å². The van der Waals surface area contributed by atoms with Gasteiger partial charge in [-0.1, -0.05) is 31.0 Å². The zero-order valence-electron chi connectivity index (χ0n) is 5.60. The highest BCUT2D eigenvalue weighted by atomic mass is 33.1. The van der Waals surface area contributed by atoms with Gasteiger partial charge < -0.3 is 0 Å². The molecule has 0 fully saturated rings. The van der Waals surface area contributed by atoms with E-state index in [1.807, 2.05) is 0 Å². The lowest BCUT2D eigenvalue weighted by Gasteiger charge is -2.18. The van der Waals surface area contributed by atoms with Crippen LogP contribution in [-0.4, -0.2) is 12.6 Å². The molecule has 0 aliphatic carbocycles. The third-order valence-corrected chi connectivity index (χ3v) is 3.60. The quantitative estimate of drug-likeness (QED) is 0.369. The molecule has 0 saturated heterocycles. The first-order valence-electron chi connectivity index (χ1n) is 2.67. The van der Waals surface area contributed by atoms with Gasteiger partial charge in [0.25, 0.3) is 0 Å². The predicted octanol–water partition coefficient (Wildman–Crippen LogP) is 1.07. The molecule has 0 saturated carbocycles. The first-order valence-corrected chi connectivity index (χ1v) is 4.88. The number of hydrogen-bond acceptors (Lipinski definition) is 3. The molecule has 0 heterocycles. The second kappa shape index (κ2) is 3.69. The van der Waals surface area contributed by atoms with E-state index in [1.54, 1.807) is 10.8 Å². The SMILES string of the molecule is BCC(C)(C)SSN. The maximum absolute atomic E-state index is 5.27. The van der Waals surface area contributed by atoms with Crippen molar-refractivity contribution in [2.75, 3.05) is 0 Å². The Bertz CT molecular complexity index is 67.1. The van der Waals surface area contributed by atoms with Crippen LogP contribution in [0.1, 0.15) is 13.8 Å². The van der Waals surface area contributed by atoms with Crippen LogP contribution < -0.4 is 5.14 Å². The fourth-order valence-electron chi connectivity index (χ4n) is 0.189. The lowest BCUT2D eigenvalue weighted by molar-refractivity contribution is 0.808. The Labute approximate surface area is 60.1 Å². The summed E-state index contributed by atoms with van der Waals surface area (Å²) in [6.45, 7) is 4.38. The third kappa shape index (κ3) is 3.69. The number of nitrogens with two attached hydrogens (primary N) is 1. The molecule has 4 heteroatoms. The van der Waals surface area contributed by atoms with E-state index in [0.29, 0.717) is 4.75 Å². The van der Waals surface area contributed by atoms with Crippen molar-refractivity contribution in [2.24, 2.45) is 5.14 Å². The molecule has 8 heavy (non-hydrogen) atoms. The summed E-state index contributed by atoms with van der Waals surface area (Å²) in [5.74, 6) is 0. The van der Waals surface area contributed by atoms with Crippen LogP contribution in [0, 0.1) is 0 Å². The molecule has 0 spiro atoms. The lowest BCUT2D eigenvalue weighted by Crippen LogP contribution is -2.11. The Morgan fingerprint density at radius 3 is 2.25 bits per heavy atom. The fourth-order valence-corrected chi connectivity index (χ4v) is 1.70. The summed E-state index contributed by atoms with van der Waals surface area (Å²) in [7, 11) is 5.25. The van der Waals surface area contributed by atoms with Crippen molar-refractivity contribution < 1.29 is 0 Å². The molecule has 0 aromatic heterocycles. The lowest BCUT2D eigenvalue weighted by atomic mass is 9.94. The van der Waals surface area contributed by atoms with Gasteiger partial charge in [-0.05, 0) is 11.0 Å². The standard InChI is InChI=1S/C4H12BNS2/c1-4(2,3-5)7-8-6/h3,5-6H2,1-2H3. The minimum absolute atomic E-state index is 0.347. The van der Waals surface area contributed by atoms with Crippen molar-refractivity contribution in [1.29, 1.82) is 0 Å². The maximum atomic E-state index is 5.27. The average Bonchev–Trinajstić information content (AvgIpc) is 1.67. The number of hydrogen-bond donors (Lipinski definition) is 1. The normalized spacial score (nSPS) is 11.9. The molecule has 2 N–H and O–H groups in total. The molecule has 0 amide bonds. The van der Waals surface area contributed by atoms with Crippen LogP contribution in [0.2, 0.25) is 6.32 Å². The molecule has 0 aliphatic rings. The van der Waals surface area contributed by atoms with Crippen molar-refractivity contribution in [1.82, 2.24) is 0 Å². The van der Waals surface area contributed by atoms with E-state index in [2.05, 4.69) is 21.7 Å². The summed E-state index contributed by atoms with van der Waals surface area (Å²) < 4.78 is 0.347.